The Morgan fingerprint density at radius 3 is 2.58 bits per heavy atom. The summed E-state index contributed by atoms with van der Waals surface area (Å²) in [6.07, 6.45) is 2.28. The Balaban J connectivity index is 1.56. The van der Waals surface area contributed by atoms with Crippen molar-refractivity contribution in [1.82, 2.24) is 15.3 Å². The van der Waals surface area contributed by atoms with Crippen molar-refractivity contribution in [1.29, 1.82) is 0 Å². The lowest BCUT2D eigenvalue weighted by molar-refractivity contribution is -0.119. The predicted molar refractivity (Wildman–Crippen MR) is 119 cm³/mol. The Kier molecular flexibility index (Phi) is 4.55. The maximum absolute atomic E-state index is 13.2. The highest BCUT2D eigenvalue weighted by atomic mass is 16.2. The van der Waals surface area contributed by atoms with Gasteiger partial charge < -0.3 is 15.2 Å². The fourth-order valence-electron chi connectivity index (χ4n) is 3.75. The van der Waals surface area contributed by atoms with Gasteiger partial charge in [0.15, 0.2) is 0 Å². The molecule has 5 rings (SSSR count). The Morgan fingerprint density at radius 1 is 1.03 bits per heavy atom. The lowest BCUT2D eigenvalue weighted by Crippen LogP contribution is -2.46. The zero-order valence-electron chi connectivity index (χ0n) is 16.7. The highest BCUT2D eigenvalue weighted by Gasteiger charge is 2.31. The van der Waals surface area contributed by atoms with Crippen molar-refractivity contribution >= 4 is 34.1 Å². The predicted octanol–water partition coefficient (Wildman–Crippen LogP) is 3.13. The van der Waals surface area contributed by atoms with E-state index in [1.165, 1.54) is 4.90 Å². The Labute approximate surface area is 178 Å². The molecule has 0 saturated carbocycles. The molecule has 1 atom stereocenters. The minimum atomic E-state index is -1.07. The number of carbonyl (C=O) groups excluding carboxylic acids is 2. The number of para-hydroxylation sites is 2. The number of H-pyrrole nitrogens is 1. The lowest BCUT2D eigenvalue weighted by Gasteiger charge is -2.20. The molecule has 1 aliphatic rings. The van der Waals surface area contributed by atoms with E-state index in [1.54, 1.807) is 25.5 Å². The summed E-state index contributed by atoms with van der Waals surface area (Å²) in [6, 6.07) is 20.6. The summed E-state index contributed by atoms with van der Waals surface area (Å²) in [5.41, 5.74) is 4.20. The van der Waals surface area contributed by atoms with Crippen LogP contribution in [0.4, 0.5) is 5.69 Å². The molecular formula is C24H19N5O2. The Hall–Kier alpha value is -4.26. The van der Waals surface area contributed by atoms with Gasteiger partial charge >= 0.3 is 0 Å². The van der Waals surface area contributed by atoms with Crippen LogP contribution < -0.4 is 10.2 Å². The molecule has 4 aromatic rings. The second kappa shape index (κ2) is 7.53. The van der Waals surface area contributed by atoms with Gasteiger partial charge in [0.05, 0.1) is 11.4 Å². The third-order valence-electron chi connectivity index (χ3n) is 5.34. The van der Waals surface area contributed by atoms with Gasteiger partial charge in [-0.2, -0.15) is 0 Å². The zero-order chi connectivity index (χ0) is 21.4. The van der Waals surface area contributed by atoms with Crippen LogP contribution in [0.15, 0.2) is 84.1 Å². The van der Waals surface area contributed by atoms with E-state index in [-0.39, 0.29) is 5.91 Å². The molecule has 0 spiro atoms. The molecule has 2 aromatic carbocycles. The van der Waals surface area contributed by atoms with Crippen molar-refractivity contribution in [3.63, 3.8) is 0 Å². The molecule has 2 aromatic heterocycles. The number of hydrogen-bond donors (Lipinski definition) is 2. The molecule has 7 heteroatoms. The van der Waals surface area contributed by atoms with Crippen LogP contribution in [0.1, 0.15) is 21.6 Å². The number of benzodiazepines with no additional fused rings is 1. The number of amides is 2. The van der Waals surface area contributed by atoms with Crippen LogP contribution in [0.2, 0.25) is 0 Å². The molecule has 2 amide bonds. The topological polar surface area (TPSA) is 90.5 Å². The molecule has 0 bridgehead atoms. The van der Waals surface area contributed by atoms with E-state index in [0.29, 0.717) is 11.4 Å². The van der Waals surface area contributed by atoms with Crippen LogP contribution in [-0.4, -0.2) is 40.7 Å². The van der Waals surface area contributed by atoms with E-state index in [2.05, 4.69) is 20.3 Å². The van der Waals surface area contributed by atoms with Crippen molar-refractivity contribution in [2.24, 2.45) is 4.99 Å². The number of rotatable bonds is 3. The van der Waals surface area contributed by atoms with E-state index < -0.39 is 12.1 Å². The number of fused-ring (bicyclic) bond motifs is 2. The number of hydrogen-bond acceptors (Lipinski definition) is 4. The standard InChI is InChI=1S/C24H19N5O2/c1-29-20-9-5-3-7-17(20)21(15-10-12-25-13-11-15)27-22(24(29)31)28-23(30)19-14-16-6-2-4-8-18(16)26-19/h2-14,22,26H,1H3,(H,28,30)/t22-/m1/s1. The van der Waals surface area contributed by atoms with Crippen LogP contribution in [0.5, 0.6) is 0 Å². The summed E-state index contributed by atoms with van der Waals surface area (Å²) < 4.78 is 0. The molecule has 152 valence electrons. The van der Waals surface area contributed by atoms with Gasteiger partial charge in [0.1, 0.15) is 5.69 Å². The van der Waals surface area contributed by atoms with Crippen LogP contribution in [0, 0.1) is 0 Å². The fraction of sp³-hybridized carbons (Fsp3) is 0.0833. The molecular weight excluding hydrogens is 390 g/mol. The summed E-state index contributed by atoms with van der Waals surface area (Å²) in [5, 5.41) is 3.71. The van der Waals surface area contributed by atoms with E-state index in [9.17, 15) is 9.59 Å². The number of aliphatic imine (C=N–C) groups is 1. The van der Waals surface area contributed by atoms with Crippen molar-refractivity contribution in [2.75, 3.05) is 11.9 Å². The number of benzene rings is 2. The fourth-order valence-corrected chi connectivity index (χ4v) is 3.75. The molecule has 31 heavy (non-hydrogen) atoms. The molecule has 0 unspecified atom stereocenters. The van der Waals surface area contributed by atoms with Gasteiger partial charge in [-0.3, -0.25) is 14.6 Å². The minimum Gasteiger partial charge on any atom is -0.351 e. The van der Waals surface area contributed by atoms with E-state index in [1.807, 2.05) is 60.7 Å². The lowest BCUT2D eigenvalue weighted by atomic mass is 10.0. The minimum absolute atomic E-state index is 0.319. The average molecular weight is 409 g/mol. The number of likely N-dealkylation sites (N-methyl/N-ethyl adjacent to an activating group) is 1. The normalized spacial score (nSPS) is 15.9. The number of nitrogens with zero attached hydrogens (tertiary/aromatic N) is 3. The van der Waals surface area contributed by atoms with Crippen LogP contribution >= 0.6 is 0 Å². The number of aromatic nitrogens is 2. The van der Waals surface area contributed by atoms with Crippen molar-refractivity contribution in [3.8, 4) is 0 Å². The number of aromatic amines is 1. The highest BCUT2D eigenvalue weighted by Crippen LogP contribution is 2.27. The Morgan fingerprint density at radius 2 is 1.77 bits per heavy atom. The third-order valence-corrected chi connectivity index (χ3v) is 5.34. The molecule has 0 fully saturated rings. The van der Waals surface area contributed by atoms with Gasteiger partial charge in [0, 0.05) is 41.5 Å². The molecule has 3 heterocycles. The summed E-state index contributed by atoms with van der Waals surface area (Å²) in [5.74, 6) is -0.715. The molecule has 2 N–H and O–H groups in total. The first-order valence-corrected chi connectivity index (χ1v) is 9.85. The number of nitrogens with one attached hydrogen (secondary N) is 2. The molecule has 0 saturated heterocycles. The van der Waals surface area contributed by atoms with Gasteiger partial charge in [-0.1, -0.05) is 36.4 Å². The second-order valence-electron chi connectivity index (χ2n) is 7.27. The first kappa shape index (κ1) is 18.7. The first-order chi connectivity index (χ1) is 15.1. The van der Waals surface area contributed by atoms with Crippen molar-refractivity contribution < 1.29 is 9.59 Å². The average Bonchev–Trinajstić information content (AvgIpc) is 3.22. The maximum Gasteiger partial charge on any atom is 0.272 e. The van der Waals surface area contributed by atoms with Crippen LogP contribution in [0.3, 0.4) is 0 Å². The quantitative estimate of drug-likeness (QED) is 0.545. The van der Waals surface area contributed by atoms with Gasteiger partial charge in [-0.05, 0) is 30.3 Å². The highest BCUT2D eigenvalue weighted by molar-refractivity contribution is 6.20. The first-order valence-electron chi connectivity index (χ1n) is 9.85. The van der Waals surface area contributed by atoms with Gasteiger partial charge in [-0.15, -0.1) is 0 Å². The van der Waals surface area contributed by atoms with Crippen molar-refractivity contribution in [2.45, 2.75) is 6.17 Å². The van der Waals surface area contributed by atoms with Gasteiger partial charge in [-0.25, -0.2) is 4.99 Å². The summed E-state index contributed by atoms with van der Waals surface area (Å²) in [4.78, 5) is 39.6. The van der Waals surface area contributed by atoms with E-state index >= 15 is 0 Å². The number of carbonyl (C=O) groups is 2. The van der Waals surface area contributed by atoms with Crippen LogP contribution in [-0.2, 0) is 4.79 Å². The smallest absolute Gasteiger partial charge is 0.272 e. The van der Waals surface area contributed by atoms with Crippen molar-refractivity contribution in [3.05, 3.63) is 95.9 Å². The zero-order valence-corrected chi connectivity index (χ0v) is 16.7. The maximum atomic E-state index is 13.2. The molecule has 0 radical (unpaired) electrons. The van der Waals surface area contributed by atoms with Gasteiger partial charge in [0.25, 0.3) is 11.8 Å². The summed E-state index contributed by atoms with van der Waals surface area (Å²) in [6.45, 7) is 0. The summed E-state index contributed by atoms with van der Waals surface area (Å²) >= 11 is 0. The second-order valence-corrected chi connectivity index (χ2v) is 7.27. The Bertz CT molecular complexity index is 1290. The molecule has 7 nitrogen and oxygen atoms in total. The molecule has 0 aliphatic carbocycles. The number of pyridine rings is 1. The number of anilines is 1. The van der Waals surface area contributed by atoms with E-state index in [4.69, 9.17) is 0 Å². The molecule has 1 aliphatic heterocycles. The monoisotopic (exact) mass is 409 g/mol. The summed E-state index contributed by atoms with van der Waals surface area (Å²) in [7, 11) is 1.69. The largest absolute Gasteiger partial charge is 0.351 e. The van der Waals surface area contributed by atoms with E-state index in [0.717, 1.165) is 27.7 Å². The van der Waals surface area contributed by atoms with Crippen LogP contribution in [0.25, 0.3) is 10.9 Å². The SMILES string of the molecule is CN1C(=O)[C@@H](NC(=O)c2cc3ccccc3[nH]2)N=C(c2ccncc2)c2ccccc21. The third kappa shape index (κ3) is 3.36. The van der Waals surface area contributed by atoms with Gasteiger partial charge in [0.2, 0.25) is 6.17 Å².